The van der Waals surface area contributed by atoms with Gasteiger partial charge < -0.3 is 28.4 Å². The molecule has 2 rings (SSSR count). The summed E-state index contributed by atoms with van der Waals surface area (Å²) in [6.07, 6.45) is -10.0. The Bertz CT molecular complexity index is 1060. The number of rotatable bonds is 7. The van der Waals surface area contributed by atoms with Crippen molar-refractivity contribution in [2.24, 2.45) is 0 Å². The van der Waals surface area contributed by atoms with E-state index in [0.29, 0.717) is 5.56 Å². The number of nitrogens with one attached hydrogen (secondary N) is 1. The maximum absolute atomic E-state index is 12.6. The van der Waals surface area contributed by atoms with E-state index in [0.717, 1.165) is 27.9 Å². The SMILES string of the molecule is COC(=O)[C@H]1O[C@@H](OC(=O)Nc2ccc(C)cc2[N+](=O)[O-])[C@H](OC(C)=O)[C@@H](OC(C)=O)[C@@H]1OC(C)=O. The number of ether oxygens (including phenoxy) is 6. The van der Waals surface area contributed by atoms with E-state index in [1.807, 2.05) is 0 Å². The topological polar surface area (TPSA) is 196 Å². The van der Waals surface area contributed by atoms with Crippen molar-refractivity contribution in [2.45, 2.75) is 58.4 Å². The van der Waals surface area contributed by atoms with Gasteiger partial charge >= 0.3 is 30.0 Å². The van der Waals surface area contributed by atoms with Crippen LogP contribution in [0.15, 0.2) is 18.2 Å². The minimum atomic E-state index is -1.90. The molecule has 0 aliphatic carbocycles. The molecule has 0 bridgehead atoms. The smallest absolute Gasteiger partial charge is 0.414 e. The zero-order chi connectivity index (χ0) is 27.2. The van der Waals surface area contributed by atoms with Gasteiger partial charge in [0.25, 0.3) is 5.69 Å². The highest BCUT2D eigenvalue weighted by molar-refractivity contribution is 5.88. The molecule has 1 aliphatic rings. The van der Waals surface area contributed by atoms with Gasteiger partial charge in [-0.25, -0.2) is 9.59 Å². The van der Waals surface area contributed by atoms with Crippen LogP contribution in [0.3, 0.4) is 0 Å². The molecule has 1 saturated heterocycles. The minimum absolute atomic E-state index is 0.228. The number of nitro groups is 1. The maximum atomic E-state index is 12.6. The molecule has 1 aromatic carbocycles. The van der Waals surface area contributed by atoms with Crippen molar-refractivity contribution in [1.29, 1.82) is 0 Å². The molecule has 1 heterocycles. The summed E-state index contributed by atoms with van der Waals surface area (Å²) >= 11 is 0. The fourth-order valence-corrected chi connectivity index (χ4v) is 3.32. The molecular formula is C21H24N2O13. The lowest BCUT2D eigenvalue weighted by Gasteiger charge is -2.42. The molecule has 36 heavy (non-hydrogen) atoms. The number of benzene rings is 1. The number of carbonyl (C=O) groups excluding carboxylic acids is 5. The molecule has 0 unspecified atom stereocenters. The van der Waals surface area contributed by atoms with Crippen molar-refractivity contribution in [2.75, 3.05) is 12.4 Å². The molecule has 0 spiro atoms. The molecular weight excluding hydrogens is 488 g/mol. The molecule has 5 atom stereocenters. The van der Waals surface area contributed by atoms with Crippen molar-refractivity contribution >= 4 is 41.3 Å². The van der Waals surface area contributed by atoms with Crippen LogP contribution in [-0.4, -0.2) is 72.7 Å². The van der Waals surface area contributed by atoms with Gasteiger partial charge in [-0.3, -0.25) is 29.8 Å². The number of nitro benzene ring substituents is 1. The number of nitrogens with zero attached hydrogens (tertiary/aromatic N) is 1. The Balaban J connectivity index is 2.43. The molecule has 1 amide bonds. The van der Waals surface area contributed by atoms with Crippen LogP contribution in [0.25, 0.3) is 0 Å². The first-order chi connectivity index (χ1) is 16.8. The Labute approximate surface area is 204 Å². The summed E-state index contributed by atoms with van der Waals surface area (Å²) in [4.78, 5) is 70.8. The summed E-state index contributed by atoms with van der Waals surface area (Å²) in [7, 11) is 0.995. The second-order valence-corrected chi connectivity index (χ2v) is 7.48. The molecule has 1 aromatic rings. The number of hydrogen-bond acceptors (Lipinski definition) is 13. The maximum Gasteiger partial charge on any atom is 0.414 e. The van der Waals surface area contributed by atoms with Crippen molar-refractivity contribution in [3.8, 4) is 0 Å². The Morgan fingerprint density at radius 2 is 1.47 bits per heavy atom. The second kappa shape index (κ2) is 11.9. The van der Waals surface area contributed by atoms with Crippen LogP contribution < -0.4 is 5.32 Å². The summed E-state index contributed by atoms with van der Waals surface area (Å²) in [5, 5.41) is 13.5. The highest BCUT2D eigenvalue weighted by atomic mass is 16.8. The van der Waals surface area contributed by atoms with E-state index in [9.17, 15) is 34.1 Å². The van der Waals surface area contributed by atoms with E-state index in [2.05, 4.69) is 10.1 Å². The van der Waals surface area contributed by atoms with Crippen LogP contribution in [-0.2, 0) is 47.6 Å². The van der Waals surface area contributed by atoms with Gasteiger partial charge in [0.15, 0.2) is 18.3 Å². The van der Waals surface area contributed by atoms with Crippen LogP contribution in [0.2, 0.25) is 0 Å². The van der Waals surface area contributed by atoms with Crippen LogP contribution in [0.1, 0.15) is 26.3 Å². The van der Waals surface area contributed by atoms with E-state index in [1.54, 1.807) is 6.92 Å². The van der Waals surface area contributed by atoms with Gasteiger partial charge in [-0.2, -0.15) is 0 Å². The molecule has 15 heteroatoms. The fraction of sp³-hybridized carbons (Fsp3) is 0.476. The number of anilines is 1. The molecule has 1 fully saturated rings. The number of hydrogen-bond donors (Lipinski definition) is 1. The van der Waals surface area contributed by atoms with E-state index in [-0.39, 0.29) is 5.69 Å². The van der Waals surface area contributed by atoms with E-state index in [1.165, 1.54) is 18.2 Å². The lowest BCUT2D eigenvalue weighted by atomic mass is 9.97. The van der Waals surface area contributed by atoms with Gasteiger partial charge in [-0.05, 0) is 18.6 Å². The van der Waals surface area contributed by atoms with E-state index in [4.69, 9.17) is 23.7 Å². The third kappa shape index (κ3) is 7.11. The predicted molar refractivity (Wildman–Crippen MR) is 115 cm³/mol. The second-order valence-electron chi connectivity index (χ2n) is 7.48. The highest BCUT2D eigenvalue weighted by Crippen LogP contribution is 2.31. The third-order valence-electron chi connectivity index (χ3n) is 4.64. The van der Waals surface area contributed by atoms with Gasteiger partial charge in [-0.1, -0.05) is 6.07 Å². The molecule has 0 saturated carbocycles. The Kier molecular flexibility index (Phi) is 9.26. The summed E-state index contributed by atoms with van der Waals surface area (Å²) in [6, 6.07) is 3.97. The quantitative estimate of drug-likeness (QED) is 0.236. The lowest BCUT2D eigenvalue weighted by molar-refractivity contribution is -0.384. The van der Waals surface area contributed by atoms with E-state index < -0.39 is 71.3 Å². The van der Waals surface area contributed by atoms with Crippen LogP contribution in [0.5, 0.6) is 0 Å². The van der Waals surface area contributed by atoms with Crippen molar-refractivity contribution in [3.63, 3.8) is 0 Å². The molecule has 0 aromatic heterocycles. The molecule has 15 nitrogen and oxygen atoms in total. The van der Waals surface area contributed by atoms with Crippen LogP contribution in [0.4, 0.5) is 16.2 Å². The lowest BCUT2D eigenvalue weighted by Crippen LogP contribution is -2.64. The van der Waals surface area contributed by atoms with Crippen LogP contribution >= 0.6 is 0 Å². The van der Waals surface area contributed by atoms with Crippen molar-refractivity contribution in [3.05, 3.63) is 33.9 Å². The predicted octanol–water partition coefficient (Wildman–Crippen LogP) is 1.14. The summed E-state index contributed by atoms with van der Waals surface area (Å²) in [5.74, 6) is -3.84. The van der Waals surface area contributed by atoms with Gasteiger partial charge in [0, 0.05) is 26.8 Å². The average molecular weight is 512 g/mol. The number of amides is 1. The Morgan fingerprint density at radius 3 is 2.00 bits per heavy atom. The Hall–Kier alpha value is -4.27. The van der Waals surface area contributed by atoms with Crippen molar-refractivity contribution in [1.82, 2.24) is 0 Å². The third-order valence-corrected chi connectivity index (χ3v) is 4.64. The average Bonchev–Trinajstić information content (AvgIpc) is 2.77. The number of methoxy groups -OCH3 is 1. The molecule has 0 radical (unpaired) electrons. The monoisotopic (exact) mass is 512 g/mol. The normalized spacial score (nSPS) is 23.0. The molecule has 196 valence electrons. The zero-order valence-electron chi connectivity index (χ0n) is 19.9. The fourth-order valence-electron chi connectivity index (χ4n) is 3.32. The highest BCUT2D eigenvalue weighted by Gasteiger charge is 2.56. The summed E-state index contributed by atoms with van der Waals surface area (Å²) < 4.78 is 30.6. The van der Waals surface area contributed by atoms with E-state index >= 15 is 0 Å². The molecule has 1 aliphatic heterocycles. The Morgan fingerprint density at radius 1 is 0.917 bits per heavy atom. The summed E-state index contributed by atoms with van der Waals surface area (Å²) in [5.41, 5.74) is -0.115. The van der Waals surface area contributed by atoms with Gasteiger partial charge in [0.05, 0.1) is 12.0 Å². The summed E-state index contributed by atoms with van der Waals surface area (Å²) in [6.45, 7) is 4.60. The van der Waals surface area contributed by atoms with Crippen LogP contribution in [0, 0.1) is 17.0 Å². The first kappa shape index (κ1) is 28.0. The minimum Gasteiger partial charge on any atom is -0.467 e. The van der Waals surface area contributed by atoms with Gasteiger partial charge in [0.2, 0.25) is 12.4 Å². The standard InChI is InChI=1S/C21H24N2O13/c1-9-6-7-13(14(8-9)23(29)30)22-21(28)36-20-18(34-12(4)26)16(33-11(3)25)15(32-10(2)24)17(35-20)19(27)31-5/h6-8,15-18,20H,1-5H3,(H,22,28)/t15-,16-,17-,18+,20-/m0/s1. The number of carbonyl (C=O) groups is 5. The largest absolute Gasteiger partial charge is 0.467 e. The number of esters is 4. The zero-order valence-corrected chi connectivity index (χ0v) is 19.9. The number of aryl methyl sites for hydroxylation is 1. The van der Waals surface area contributed by atoms with Gasteiger partial charge in [0.1, 0.15) is 5.69 Å². The molecule has 1 N–H and O–H groups in total. The van der Waals surface area contributed by atoms with Crippen molar-refractivity contribution < 1.29 is 57.3 Å². The van der Waals surface area contributed by atoms with Gasteiger partial charge in [-0.15, -0.1) is 0 Å². The first-order valence-corrected chi connectivity index (χ1v) is 10.3. The first-order valence-electron chi connectivity index (χ1n) is 10.3.